The molecule has 0 bridgehead atoms. The number of carbonyl (C=O) groups excluding carboxylic acids is 1. The zero-order valence-corrected chi connectivity index (χ0v) is 21.2. The molecule has 35 heavy (non-hydrogen) atoms. The molecule has 182 valence electrons. The van der Waals surface area contributed by atoms with Crippen molar-refractivity contribution in [3.63, 3.8) is 0 Å². The molecule has 1 atom stereocenters. The second-order valence-corrected chi connectivity index (χ2v) is 10.0. The van der Waals surface area contributed by atoms with Gasteiger partial charge in [-0.25, -0.2) is 9.79 Å². The van der Waals surface area contributed by atoms with Gasteiger partial charge in [0.1, 0.15) is 5.76 Å². The van der Waals surface area contributed by atoms with Gasteiger partial charge in [-0.05, 0) is 56.9 Å². The van der Waals surface area contributed by atoms with Gasteiger partial charge in [-0.2, -0.15) is 0 Å². The predicted molar refractivity (Wildman–Crippen MR) is 137 cm³/mol. The molecule has 2 aliphatic heterocycles. The topological polar surface area (TPSA) is 77.0 Å². The van der Waals surface area contributed by atoms with Crippen LogP contribution in [0.5, 0.6) is 0 Å². The summed E-state index contributed by atoms with van der Waals surface area (Å²) in [5.74, 6) is 0.948. The summed E-state index contributed by atoms with van der Waals surface area (Å²) in [7, 11) is 0. The van der Waals surface area contributed by atoms with E-state index in [1.165, 1.54) is 17.8 Å². The predicted octanol–water partition coefficient (Wildman–Crippen LogP) is 4.04. The van der Waals surface area contributed by atoms with E-state index in [1.54, 1.807) is 36.6 Å². The Morgan fingerprint density at radius 2 is 1.94 bits per heavy atom. The van der Waals surface area contributed by atoms with Crippen molar-refractivity contribution in [3.05, 3.63) is 83.7 Å². The number of carbonyl (C=O) groups is 1. The van der Waals surface area contributed by atoms with Gasteiger partial charge in [-0.1, -0.05) is 35.1 Å². The minimum absolute atomic E-state index is 0.227. The van der Waals surface area contributed by atoms with Gasteiger partial charge < -0.3 is 14.1 Å². The number of aromatic nitrogens is 1. The summed E-state index contributed by atoms with van der Waals surface area (Å²) in [6.07, 6.45) is 5.30. The van der Waals surface area contributed by atoms with Crippen LogP contribution in [-0.2, 0) is 9.53 Å². The van der Waals surface area contributed by atoms with Gasteiger partial charge >= 0.3 is 5.97 Å². The molecule has 1 saturated heterocycles. The molecule has 0 unspecified atom stereocenters. The van der Waals surface area contributed by atoms with Crippen molar-refractivity contribution >= 4 is 40.9 Å². The average Bonchev–Trinajstić information content (AvgIpc) is 3.44. The number of piperidine rings is 1. The van der Waals surface area contributed by atoms with Crippen LogP contribution < -0.4 is 19.8 Å². The molecule has 9 heteroatoms. The first-order valence-electron chi connectivity index (χ1n) is 11.8. The third kappa shape index (κ3) is 4.60. The van der Waals surface area contributed by atoms with Crippen molar-refractivity contribution in [3.8, 4) is 0 Å². The lowest BCUT2D eigenvalue weighted by Crippen LogP contribution is -2.39. The summed E-state index contributed by atoms with van der Waals surface area (Å²) < 4.78 is 13.4. The smallest absolute Gasteiger partial charge is 0.338 e. The van der Waals surface area contributed by atoms with Crippen LogP contribution in [0.1, 0.15) is 50.5 Å². The van der Waals surface area contributed by atoms with E-state index in [2.05, 4.69) is 9.89 Å². The number of fused-ring (bicyclic) bond motifs is 1. The summed E-state index contributed by atoms with van der Waals surface area (Å²) in [4.78, 5) is 33.9. The monoisotopic (exact) mass is 511 g/mol. The largest absolute Gasteiger partial charge is 0.463 e. The lowest BCUT2D eigenvalue weighted by molar-refractivity contribution is -0.139. The van der Waals surface area contributed by atoms with Gasteiger partial charge in [0.25, 0.3) is 5.56 Å². The fraction of sp³-hybridized carbons (Fsp3) is 0.346. The standard InChI is InChI=1S/C26H26ClN3O4S/c1-3-33-25(32)22-16(2)28-26-30(23(22)17-7-9-18(27)10-8-17)24(31)20(35-26)15-19-11-12-21(34-19)29-13-5-4-6-14-29/h7-12,15,23H,3-6,13-14H2,1-2H3/b20-15-/t23-/m0/s1. The first-order chi connectivity index (χ1) is 17.0. The molecular weight excluding hydrogens is 486 g/mol. The number of hydrogen-bond donors (Lipinski definition) is 0. The van der Waals surface area contributed by atoms with Crippen molar-refractivity contribution in [2.24, 2.45) is 4.99 Å². The number of allylic oxidation sites excluding steroid dienone is 1. The molecule has 7 nitrogen and oxygen atoms in total. The molecular formula is C26H26ClN3O4S. The summed E-state index contributed by atoms with van der Waals surface area (Å²) in [6.45, 7) is 5.70. The zero-order valence-electron chi connectivity index (χ0n) is 19.6. The van der Waals surface area contributed by atoms with Gasteiger partial charge in [-0.3, -0.25) is 9.36 Å². The fourth-order valence-electron chi connectivity index (χ4n) is 4.59. The maximum absolute atomic E-state index is 13.6. The number of furan rings is 1. The molecule has 3 aromatic rings. The van der Waals surface area contributed by atoms with E-state index in [-0.39, 0.29) is 12.2 Å². The van der Waals surface area contributed by atoms with Crippen molar-refractivity contribution in [1.82, 2.24) is 4.57 Å². The second-order valence-electron chi connectivity index (χ2n) is 8.58. The number of ether oxygens (including phenoxy) is 1. The molecule has 2 aliphatic rings. The van der Waals surface area contributed by atoms with Crippen molar-refractivity contribution in [2.75, 3.05) is 24.6 Å². The Hall–Kier alpha value is -3.10. The molecule has 1 aromatic carbocycles. The van der Waals surface area contributed by atoms with Gasteiger partial charge in [0.05, 0.1) is 28.5 Å². The Morgan fingerprint density at radius 1 is 1.20 bits per heavy atom. The average molecular weight is 512 g/mol. The lowest BCUT2D eigenvalue weighted by atomic mass is 9.96. The summed E-state index contributed by atoms with van der Waals surface area (Å²) in [5.41, 5.74) is 1.39. The number of anilines is 1. The number of hydrogen-bond acceptors (Lipinski definition) is 7. The molecule has 0 amide bonds. The van der Waals surface area contributed by atoms with Gasteiger partial charge in [0.2, 0.25) is 0 Å². The van der Waals surface area contributed by atoms with Crippen LogP contribution in [0.25, 0.3) is 6.08 Å². The summed E-state index contributed by atoms with van der Waals surface area (Å²) in [6, 6.07) is 10.3. The highest BCUT2D eigenvalue weighted by atomic mass is 35.5. The summed E-state index contributed by atoms with van der Waals surface area (Å²) >= 11 is 7.38. The highest BCUT2D eigenvalue weighted by molar-refractivity contribution is 7.07. The van der Waals surface area contributed by atoms with E-state index in [0.29, 0.717) is 31.4 Å². The number of nitrogens with zero attached hydrogens (tertiary/aromatic N) is 3. The number of esters is 1. The Balaban J connectivity index is 1.60. The molecule has 0 N–H and O–H groups in total. The molecule has 0 radical (unpaired) electrons. The Morgan fingerprint density at radius 3 is 2.66 bits per heavy atom. The number of rotatable bonds is 5. The van der Waals surface area contributed by atoms with Gasteiger partial charge in [-0.15, -0.1) is 0 Å². The molecule has 5 rings (SSSR count). The molecule has 0 aliphatic carbocycles. The molecule has 2 aromatic heterocycles. The Labute approximate surface area is 211 Å². The SMILES string of the molecule is CCOC(=O)C1=C(C)N=c2s/c(=C\c3ccc(N4CCCCC4)o3)c(=O)n2[C@H]1c1ccc(Cl)cc1. The fourth-order valence-corrected chi connectivity index (χ4v) is 5.74. The first-order valence-corrected chi connectivity index (χ1v) is 13.0. The van der Waals surface area contributed by atoms with Gasteiger partial charge in [0, 0.05) is 30.3 Å². The zero-order chi connectivity index (χ0) is 24.5. The van der Waals surface area contributed by atoms with Crippen molar-refractivity contribution < 1.29 is 13.9 Å². The maximum atomic E-state index is 13.6. The quantitative estimate of drug-likeness (QED) is 0.483. The Bertz CT molecular complexity index is 1460. The number of halogens is 1. The molecule has 4 heterocycles. The van der Waals surface area contributed by atoms with Crippen LogP contribution in [0.3, 0.4) is 0 Å². The van der Waals surface area contributed by atoms with Crippen LogP contribution in [0, 0.1) is 0 Å². The van der Waals surface area contributed by atoms with Crippen LogP contribution in [0.4, 0.5) is 5.88 Å². The normalized spacial score (nSPS) is 18.4. The van der Waals surface area contributed by atoms with Crippen LogP contribution in [0.15, 0.2) is 61.9 Å². The third-order valence-electron chi connectivity index (χ3n) is 6.26. The molecule has 0 saturated carbocycles. The highest BCUT2D eigenvalue weighted by Crippen LogP contribution is 2.31. The second kappa shape index (κ2) is 9.87. The van der Waals surface area contributed by atoms with Crippen LogP contribution in [-0.4, -0.2) is 30.2 Å². The van der Waals surface area contributed by atoms with E-state index >= 15 is 0 Å². The lowest BCUT2D eigenvalue weighted by Gasteiger charge is -2.25. The number of thiazole rings is 1. The maximum Gasteiger partial charge on any atom is 0.338 e. The van der Waals surface area contributed by atoms with E-state index < -0.39 is 12.0 Å². The van der Waals surface area contributed by atoms with Crippen molar-refractivity contribution in [1.29, 1.82) is 0 Å². The third-order valence-corrected chi connectivity index (χ3v) is 7.49. The first kappa shape index (κ1) is 23.6. The van der Waals surface area contributed by atoms with E-state index in [1.807, 2.05) is 24.3 Å². The van der Waals surface area contributed by atoms with Gasteiger partial charge in [0.15, 0.2) is 10.7 Å². The summed E-state index contributed by atoms with van der Waals surface area (Å²) in [5, 5.41) is 0.571. The molecule has 0 spiro atoms. The van der Waals surface area contributed by atoms with Crippen LogP contribution in [0.2, 0.25) is 5.02 Å². The van der Waals surface area contributed by atoms with E-state index in [0.717, 1.165) is 37.4 Å². The van der Waals surface area contributed by atoms with E-state index in [4.69, 9.17) is 20.8 Å². The highest BCUT2D eigenvalue weighted by Gasteiger charge is 2.33. The number of benzene rings is 1. The van der Waals surface area contributed by atoms with Crippen molar-refractivity contribution in [2.45, 2.75) is 39.2 Å². The van der Waals surface area contributed by atoms with Crippen LogP contribution >= 0.6 is 22.9 Å². The minimum atomic E-state index is -0.662. The minimum Gasteiger partial charge on any atom is -0.463 e. The Kier molecular flexibility index (Phi) is 6.67. The molecule has 1 fully saturated rings. The van der Waals surface area contributed by atoms with E-state index in [9.17, 15) is 9.59 Å².